The van der Waals surface area contributed by atoms with Gasteiger partial charge in [0.05, 0.1) is 18.9 Å². The minimum Gasteiger partial charge on any atom is -0.378 e. The summed E-state index contributed by atoms with van der Waals surface area (Å²) in [5.74, 6) is -0.298. The number of nitrogens with one attached hydrogen (secondary N) is 1. The van der Waals surface area contributed by atoms with Gasteiger partial charge in [0.2, 0.25) is 0 Å². The van der Waals surface area contributed by atoms with E-state index in [0.29, 0.717) is 18.9 Å². The number of benzene rings is 1. The van der Waals surface area contributed by atoms with E-state index in [-0.39, 0.29) is 29.8 Å². The van der Waals surface area contributed by atoms with Gasteiger partial charge in [0, 0.05) is 30.9 Å². The standard InChI is InChI=1S/C23H25FN4O2/c1-15-22(27-9-3-2-4-21(27)25-15)23(29)26-18-10-19-13-30-14-20(11-18)28(19)12-16-5-7-17(24)8-6-16/h2-9,18-20H,10-14H2,1H3,(H,26,29)/t18?,19-,20+. The van der Waals surface area contributed by atoms with Crippen LogP contribution in [-0.2, 0) is 11.3 Å². The number of rotatable bonds is 4. The zero-order valence-electron chi connectivity index (χ0n) is 16.9. The fourth-order valence-corrected chi connectivity index (χ4v) is 4.81. The number of aromatic nitrogens is 2. The first kappa shape index (κ1) is 19.2. The normalized spacial score (nSPS) is 24.1. The Hall–Kier alpha value is -2.77. The number of hydrogen-bond acceptors (Lipinski definition) is 4. The molecule has 2 aliphatic rings. The van der Waals surface area contributed by atoms with Crippen molar-refractivity contribution in [3.05, 3.63) is 71.4 Å². The van der Waals surface area contributed by atoms with Crippen molar-refractivity contribution in [2.24, 2.45) is 0 Å². The average Bonchev–Trinajstić information content (AvgIpc) is 3.06. The van der Waals surface area contributed by atoms with E-state index in [1.54, 1.807) is 0 Å². The summed E-state index contributed by atoms with van der Waals surface area (Å²) in [6, 6.07) is 13.0. The fourth-order valence-electron chi connectivity index (χ4n) is 4.81. The summed E-state index contributed by atoms with van der Waals surface area (Å²) in [7, 11) is 0. The van der Waals surface area contributed by atoms with Crippen LogP contribution in [0.4, 0.5) is 4.39 Å². The van der Waals surface area contributed by atoms with Crippen LogP contribution >= 0.6 is 0 Å². The number of amides is 1. The second-order valence-electron chi connectivity index (χ2n) is 8.26. The quantitative estimate of drug-likeness (QED) is 0.721. The van der Waals surface area contributed by atoms with Gasteiger partial charge in [-0.05, 0) is 49.6 Å². The molecule has 6 nitrogen and oxygen atoms in total. The Morgan fingerprint density at radius 3 is 2.63 bits per heavy atom. The number of hydrogen-bond donors (Lipinski definition) is 1. The predicted octanol–water partition coefficient (Wildman–Crippen LogP) is 2.94. The maximum absolute atomic E-state index is 13.2. The Morgan fingerprint density at radius 2 is 1.90 bits per heavy atom. The number of carbonyl (C=O) groups is 1. The van der Waals surface area contributed by atoms with E-state index >= 15 is 0 Å². The van der Waals surface area contributed by atoms with Crippen LogP contribution in [0.15, 0.2) is 48.7 Å². The molecular weight excluding hydrogens is 383 g/mol. The van der Waals surface area contributed by atoms with Crippen molar-refractivity contribution in [2.45, 2.75) is 44.4 Å². The van der Waals surface area contributed by atoms with Gasteiger partial charge in [-0.1, -0.05) is 18.2 Å². The van der Waals surface area contributed by atoms with Gasteiger partial charge in [-0.25, -0.2) is 9.37 Å². The molecule has 156 valence electrons. The molecule has 0 radical (unpaired) electrons. The molecule has 1 amide bonds. The SMILES string of the molecule is Cc1nc2ccccn2c1C(=O)NC1C[C@H]2COC[C@@H](C1)N2Cc1ccc(F)cc1. The van der Waals surface area contributed by atoms with Crippen molar-refractivity contribution in [3.8, 4) is 0 Å². The molecule has 0 aliphatic carbocycles. The van der Waals surface area contributed by atoms with Gasteiger partial charge in [-0.15, -0.1) is 0 Å². The Balaban J connectivity index is 1.30. The Labute approximate surface area is 174 Å². The third kappa shape index (κ3) is 3.59. The second-order valence-corrected chi connectivity index (χ2v) is 8.26. The third-order valence-electron chi connectivity index (χ3n) is 6.20. The molecule has 4 heterocycles. The average molecular weight is 408 g/mol. The first-order chi connectivity index (χ1) is 14.6. The van der Waals surface area contributed by atoms with E-state index in [1.165, 1.54) is 12.1 Å². The van der Waals surface area contributed by atoms with E-state index in [1.807, 2.05) is 47.9 Å². The van der Waals surface area contributed by atoms with Crippen molar-refractivity contribution >= 4 is 11.6 Å². The summed E-state index contributed by atoms with van der Waals surface area (Å²) in [5.41, 5.74) is 3.20. The van der Waals surface area contributed by atoms with Gasteiger partial charge >= 0.3 is 0 Å². The van der Waals surface area contributed by atoms with Crippen molar-refractivity contribution in [1.29, 1.82) is 0 Å². The maximum atomic E-state index is 13.2. The number of pyridine rings is 1. The maximum Gasteiger partial charge on any atom is 0.270 e. The van der Waals surface area contributed by atoms with E-state index in [4.69, 9.17) is 4.74 Å². The third-order valence-corrected chi connectivity index (χ3v) is 6.20. The summed E-state index contributed by atoms with van der Waals surface area (Å²) in [5, 5.41) is 3.24. The van der Waals surface area contributed by atoms with Gasteiger partial charge < -0.3 is 10.1 Å². The topological polar surface area (TPSA) is 58.9 Å². The first-order valence-electron chi connectivity index (χ1n) is 10.4. The number of halogens is 1. The molecule has 1 unspecified atom stereocenters. The smallest absolute Gasteiger partial charge is 0.270 e. The molecule has 2 bridgehead atoms. The number of nitrogens with zero attached hydrogens (tertiary/aromatic N) is 3. The van der Waals surface area contributed by atoms with Gasteiger partial charge in [-0.2, -0.15) is 0 Å². The molecule has 1 N–H and O–H groups in total. The lowest BCUT2D eigenvalue weighted by molar-refractivity contribution is -0.0843. The van der Waals surface area contributed by atoms with E-state index < -0.39 is 0 Å². The number of carbonyl (C=O) groups excluding carboxylic acids is 1. The van der Waals surface area contributed by atoms with Crippen molar-refractivity contribution in [3.63, 3.8) is 0 Å². The van der Waals surface area contributed by atoms with Crippen LogP contribution in [-0.4, -0.2) is 51.5 Å². The second kappa shape index (κ2) is 7.81. The molecule has 3 aromatic rings. The molecule has 0 saturated carbocycles. The van der Waals surface area contributed by atoms with Gasteiger partial charge in [-0.3, -0.25) is 14.1 Å². The molecule has 2 aliphatic heterocycles. The summed E-state index contributed by atoms with van der Waals surface area (Å²) in [6.45, 7) is 3.94. The number of fused-ring (bicyclic) bond motifs is 3. The lowest BCUT2D eigenvalue weighted by atomic mass is 9.89. The molecule has 3 atom stereocenters. The van der Waals surface area contributed by atoms with E-state index in [9.17, 15) is 9.18 Å². The highest BCUT2D eigenvalue weighted by Crippen LogP contribution is 2.30. The summed E-state index contributed by atoms with van der Waals surface area (Å²) >= 11 is 0. The number of aryl methyl sites for hydroxylation is 1. The summed E-state index contributed by atoms with van der Waals surface area (Å²) in [4.78, 5) is 20.0. The van der Waals surface area contributed by atoms with Crippen LogP contribution in [0.1, 0.15) is 34.6 Å². The van der Waals surface area contributed by atoms with Crippen LogP contribution in [0.2, 0.25) is 0 Å². The number of ether oxygens (including phenoxy) is 1. The first-order valence-corrected chi connectivity index (χ1v) is 10.4. The zero-order valence-corrected chi connectivity index (χ0v) is 16.9. The Morgan fingerprint density at radius 1 is 1.17 bits per heavy atom. The van der Waals surface area contributed by atoms with Crippen LogP contribution in [0, 0.1) is 12.7 Å². The number of imidazole rings is 1. The predicted molar refractivity (Wildman–Crippen MR) is 111 cm³/mol. The lowest BCUT2D eigenvalue weighted by Crippen LogP contribution is -2.60. The molecule has 7 heteroatoms. The van der Waals surface area contributed by atoms with E-state index in [2.05, 4.69) is 15.2 Å². The van der Waals surface area contributed by atoms with Crippen LogP contribution in [0.25, 0.3) is 5.65 Å². The molecule has 2 saturated heterocycles. The largest absolute Gasteiger partial charge is 0.378 e. The lowest BCUT2D eigenvalue weighted by Gasteiger charge is -2.48. The van der Waals surface area contributed by atoms with Crippen LogP contribution < -0.4 is 5.32 Å². The van der Waals surface area contributed by atoms with Gasteiger partial charge in [0.25, 0.3) is 5.91 Å². The molecule has 0 spiro atoms. The number of piperidine rings is 1. The van der Waals surface area contributed by atoms with Gasteiger partial charge in [0.1, 0.15) is 17.2 Å². The molecule has 2 aromatic heterocycles. The fraction of sp³-hybridized carbons (Fsp3) is 0.391. The highest BCUT2D eigenvalue weighted by atomic mass is 19.1. The van der Waals surface area contributed by atoms with Gasteiger partial charge in [0.15, 0.2) is 0 Å². The Kier molecular flexibility index (Phi) is 5.00. The Bertz CT molecular complexity index is 1050. The highest BCUT2D eigenvalue weighted by Gasteiger charge is 2.39. The summed E-state index contributed by atoms with van der Waals surface area (Å²) < 4.78 is 20.9. The molecule has 1 aromatic carbocycles. The highest BCUT2D eigenvalue weighted by molar-refractivity contribution is 5.94. The van der Waals surface area contributed by atoms with E-state index in [0.717, 1.165) is 36.3 Å². The van der Waals surface area contributed by atoms with Crippen molar-refractivity contribution < 1.29 is 13.9 Å². The minimum absolute atomic E-state index is 0.0813. The minimum atomic E-state index is -0.216. The van der Waals surface area contributed by atoms with Crippen molar-refractivity contribution in [1.82, 2.24) is 19.6 Å². The summed E-state index contributed by atoms with van der Waals surface area (Å²) in [6.07, 6.45) is 3.54. The molecule has 2 fully saturated rings. The number of morpholine rings is 1. The van der Waals surface area contributed by atoms with Crippen molar-refractivity contribution in [2.75, 3.05) is 13.2 Å². The molecular formula is C23H25FN4O2. The van der Waals surface area contributed by atoms with Crippen LogP contribution in [0.5, 0.6) is 0 Å². The zero-order chi connectivity index (χ0) is 20.7. The monoisotopic (exact) mass is 408 g/mol. The molecule has 5 rings (SSSR count). The van der Waals surface area contributed by atoms with Crippen LogP contribution in [0.3, 0.4) is 0 Å². The molecule has 30 heavy (non-hydrogen) atoms.